The maximum Gasteiger partial charge on any atom is 0.133 e. The van der Waals surface area contributed by atoms with Gasteiger partial charge in [0.05, 0.1) is 11.7 Å². The van der Waals surface area contributed by atoms with Crippen molar-refractivity contribution in [2.24, 2.45) is 10.9 Å². The van der Waals surface area contributed by atoms with Crippen LogP contribution in [0, 0.1) is 5.92 Å². The van der Waals surface area contributed by atoms with E-state index >= 15 is 0 Å². The van der Waals surface area contributed by atoms with E-state index in [1.54, 1.807) is 0 Å². The first-order chi connectivity index (χ1) is 23.3. The van der Waals surface area contributed by atoms with Crippen LogP contribution < -0.4 is 10.2 Å². The van der Waals surface area contributed by atoms with Gasteiger partial charge in [-0.15, -0.1) is 0 Å². The van der Waals surface area contributed by atoms with E-state index in [4.69, 9.17) is 4.99 Å². The summed E-state index contributed by atoms with van der Waals surface area (Å²) in [5, 5.41) is 6.20. The van der Waals surface area contributed by atoms with Crippen molar-refractivity contribution in [2.75, 3.05) is 4.90 Å². The van der Waals surface area contributed by atoms with Crippen LogP contribution >= 0.6 is 0 Å². The van der Waals surface area contributed by atoms with Crippen LogP contribution in [0.3, 0.4) is 0 Å². The molecule has 0 spiro atoms. The molecule has 1 aliphatic heterocycles. The molecule has 8 rings (SSSR count). The van der Waals surface area contributed by atoms with Crippen LogP contribution in [0.4, 0.5) is 11.4 Å². The van der Waals surface area contributed by atoms with Crippen LogP contribution in [-0.2, 0) is 0 Å². The van der Waals surface area contributed by atoms with Gasteiger partial charge in [0.15, 0.2) is 0 Å². The smallest absolute Gasteiger partial charge is 0.133 e. The molecule has 5 aromatic carbocycles. The highest BCUT2D eigenvalue weighted by atomic mass is 15.1. The Morgan fingerprint density at radius 2 is 1.43 bits per heavy atom. The van der Waals surface area contributed by atoms with Crippen molar-refractivity contribution in [3.8, 4) is 0 Å². The van der Waals surface area contributed by atoms with Crippen LogP contribution in [0.1, 0.15) is 36.4 Å². The van der Waals surface area contributed by atoms with E-state index in [1.165, 1.54) is 38.9 Å². The number of allylic oxidation sites excluding steroid dienone is 6. The molecule has 0 aromatic heterocycles. The molecule has 0 fully saturated rings. The summed E-state index contributed by atoms with van der Waals surface area (Å²) in [4.78, 5) is 7.56. The van der Waals surface area contributed by atoms with Gasteiger partial charge in [0, 0.05) is 33.9 Å². The molecular weight excluding hydrogens is 571 g/mol. The van der Waals surface area contributed by atoms with Crippen LogP contribution in [0.5, 0.6) is 0 Å². The third-order valence-electron chi connectivity index (χ3n) is 9.29. The lowest BCUT2D eigenvalue weighted by Gasteiger charge is -2.31. The summed E-state index contributed by atoms with van der Waals surface area (Å²) >= 11 is 0. The minimum atomic E-state index is -0.0495. The summed E-state index contributed by atoms with van der Waals surface area (Å²) in [6.45, 7) is 0. The minimum Gasteiger partial charge on any atom is -0.340 e. The van der Waals surface area contributed by atoms with Gasteiger partial charge in [0.25, 0.3) is 0 Å². The predicted octanol–water partition coefficient (Wildman–Crippen LogP) is 10.8. The van der Waals surface area contributed by atoms with E-state index in [9.17, 15) is 0 Å². The lowest BCUT2D eigenvalue weighted by atomic mass is 9.83. The summed E-state index contributed by atoms with van der Waals surface area (Å²) in [6, 6.07) is 47.0. The first kappa shape index (κ1) is 28.8. The van der Waals surface area contributed by atoms with E-state index in [0.717, 1.165) is 42.0 Å². The average Bonchev–Trinajstić information content (AvgIpc) is 3.16. The van der Waals surface area contributed by atoms with Gasteiger partial charge in [-0.2, -0.15) is 0 Å². The Morgan fingerprint density at radius 3 is 2.26 bits per heavy atom. The van der Waals surface area contributed by atoms with Crippen molar-refractivity contribution in [3.05, 3.63) is 204 Å². The number of benzene rings is 5. The SMILES string of the molecule is C1=CC(N(c2ccccc2)c2cccc3ccccc23)=CC(C2=CC(C3=CC(c4ccccc4)N=C(c4ccccc4)N3)=CCC2)C1. The van der Waals surface area contributed by atoms with Crippen molar-refractivity contribution in [1.82, 2.24) is 5.32 Å². The van der Waals surface area contributed by atoms with Crippen molar-refractivity contribution in [3.63, 3.8) is 0 Å². The number of fused-ring (bicyclic) bond motifs is 1. The van der Waals surface area contributed by atoms with Crippen molar-refractivity contribution >= 4 is 28.0 Å². The van der Waals surface area contributed by atoms with Crippen molar-refractivity contribution in [2.45, 2.75) is 25.3 Å². The summed E-state index contributed by atoms with van der Waals surface area (Å²) in [5.41, 5.74) is 9.70. The highest BCUT2D eigenvalue weighted by molar-refractivity contribution is 6.01. The molecule has 2 atom stereocenters. The fraction of sp³-hybridized carbons (Fsp3) is 0.114. The second-order valence-electron chi connectivity index (χ2n) is 12.3. The summed E-state index contributed by atoms with van der Waals surface area (Å²) < 4.78 is 0. The van der Waals surface area contributed by atoms with Gasteiger partial charge in [0.2, 0.25) is 0 Å². The molecule has 228 valence electrons. The second-order valence-corrected chi connectivity index (χ2v) is 12.3. The third kappa shape index (κ3) is 6.01. The zero-order valence-electron chi connectivity index (χ0n) is 26.3. The van der Waals surface area contributed by atoms with E-state index in [1.807, 2.05) is 0 Å². The number of para-hydroxylation sites is 1. The first-order valence-electron chi connectivity index (χ1n) is 16.6. The molecule has 2 aliphatic carbocycles. The molecule has 3 aliphatic rings. The predicted molar refractivity (Wildman–Crippen MR) is 197 cm³/mol. The molecule has 3 nitrogen and oxygen atoms in total. The molecule has 0 amide bonds. The number of hydrogen-bond acceptors (Lipinski definition) is 3. The van der Waals surface area contributed by atoms with E-state index in [2.05, 4.69) is 180 Å². The molecule has 2 unspecified atom stereocenters. The lowest BCUT2D eigenvalue weighted by Crippen LogP contribution is -2.29. The van der Waals surface area contributed by atoms with Gasteiger partial charge >= 0.3 is 0 Å². The number of nitrogens with zero attached hydrogens (tertiary/aromatic N) is 2. The van der Waals surface area contributed by atoms with Crippen LogP contribution in [-0.4, -0.2) is 5.84 Å². The molecule has 0 saturated heterocycles. The highest BCUT2D eigenvalue weighted by Gasteiger charge is 2.25. The van der Waals surface area contributed by atoms with Gasteiger partial charge in [-0.1, -0.05) is 145 Å². The first-order valence-corrected chi connectivity index (χ1v) is 16.6. The normalized spacial score (nSPS) is 19.1. The molecule has 3 heteroatoms. The Kier molecular flexibility index (Phi) is 7.95. The van der Waals surface area contributed by atoms with Gasteiger partial charge in [-0.25, -0.2) is 0 Å². The molecular formula is C44H37N3. The Hall–Kier alpha value is -5.67. The topological polar surface area (TPSA) is 27.6 Å². The number of amidine groups is 1. The fourth-order valence-corrected chi connectivity index (χ4v) is 6.95. The number of anilines is 2. The number of aliphatic imine (C=N–C) groups is 1. The Balaban J connectivity index is 1.15. The number of rotatable bonds is 7. The summed E-state index contributed by atoms with van der Waals surface area (Å²) in [7, 11) is 0. The minimum absolute atomic E-state index is 0.0495. The van der Waals surface area contributed by atoms with Crippen molar-refractivity contribution in [1.29, 1.82) is 0 Å². The Bertz CT molecular complexity index is 2080. The number of hydrogen-bond donors (Lipinski definition) is 1. The largest absolute Gasteiger partial charge is 0.340 e. The lowest BCUT2D eigenvalue weighted by molar-refractivity contribution is 0.700. The molecule has 5 aromatic rings. The molecule has 0 radical (unpaired) electrons. The monoisotopic (exact) mass is 607 g/mol. The summed E-state index contributed by atoms with van der Waals surface area (Å²) in [5.74, 6) is 1.23. The zero-order chi connectivity index (χ0) is 31.4. The average molecular weight is 608 g/mol. The fourth-order valence-electron chi connectivity index (χ4n) is 6.95. The van der Waals surface area contributed by atoms with Gasteiger partial charge < -0.3 is 10.2 Å². The molecule has 1 N–H and O–H groups in total. The number of nitrogens with one attached hydrogen (secondary N) is 1. The van der Waals surface area contributed by atoms with Crippen LogP contribution in [0.2, 0.25) is 0 Å². The highest BCUT2D eigenvalue weighted by Crippen LogP contribution is 2.40. The van der Waals surface area contributed by atoms with Crippen molar-refractivity contribution < 1.29 is 0 Å². The third-order valence-corrected chi connectivity index (χ3v) is 9.29. The van der Waals surface area contributed by atoms with E-state index in [0.29, 0.717) is 5.92 Å². The zero-order valence-corrected chi connectivity index (χ0v) is 26.3. The van der Waals surface area contributed by atoms with Gasteiger partial charge in [0.1, 0.15) is 5.84 Å². The summed E-state index contributed by atoms with van der Waals surface area (Å²) in [6.07, 6.45) is 17.3. The molecule has 47 heavy (non-hydrogen) atoms. The van der Waals surface area contributed by atoms with Crippen LogP contribution in [0.25, 0.3) is 10.8 Å². The Morgan fingerprint density at radius 1 is 0.702 bits per heavy atom. The molecule has 1 heterocycles. The quantitative estimate of drug-likeness (QED) is 0.199. The maximum absolute atomic E-state index is 5.14. The maximum atomic E-state index is 5.14. The standard InChI is InChI=1S/C44H37N3/c1-4-16-33(17-5-1)41-31-42(46-44(45-41)34-18-6-2-7-19-34)37-23-12-21-35(29-37)36-22-13-26-39(30-36)47(38-24-8-3-9-25-38)43-28-14-20-32-15-10-11-27-40(32)43/h1-11,13-20,23-31,36,41H,12,21-22H2,(H,45,46). The van der Waals surface area contributed by atoms with Gasteiger partial charge in [-0.3, -0.25) is 4.99 Å². The van der Waals surface area contributed by atoms with E-state index in [-0.39, 0.29) is 6.04 Å². The van der Waals surface area contributed by atoms with Gasteiger partial charge in [-0.05, 0) is 66.1 Å². The second kappa shape index (κ2) is 13.0. The molecule has 0 saturated carbocycles. The van der Waals surface area contributed by atoms with E-state index < -0.39 is 0 Å². The molecule has 0 bridgehead atoms. The van der Waals surface area contributed by atoms with Crippen LogP contribution in [0.15, 0.2) is 197 Å². The Labute approximate surface area is 277 Å².